The smallest absolute Gasteiger partial charge is 0.191 e. The van der Waals surface area contributed by atoms with Gasteiger partial charge in [-0.25, -0.2) is 4.98 Å². The zero-order valence-electron chi connectivity index (χ0n) is 15.3. The predicted molar refractivity (Wildman–Crippen MR) is 113 cm³/mol. The number of imidazole rings is 1. The Morgan fingerprint density at radius 3 is 2.62 bits per heavy atom. The molecular formula is C17H25IN8. The Morgan fingerprint density at radius 2 is 1.88 bits per heavy atom. The van der Waals surface area contributed by atoms with Gasteiger partial charge in [0, 0.05) is 32.2 Å². The van der Waals surface area contributed by atoms with Crippen molar-refractivity contribution in [2.75, 3.05) is 7.05 Å². The predicted octanol–water partition coefficient (Wildman–Crippen LogP) is 2.06. The van der Waals surface area contributed by atoms with Gasteiger partial charge in [-0.1, -0.05) is 19.9 Å². The second kappa shape index (κ2) is 9.51. The molecule has 0 amide bonds. The summed E-state index contributed by atoms with van der Waals surface area (Å²) in [4.78, 5) is 8.68. The van der Waals surface area contributed by atoms with Crippen LogP contribution in [0.2, 0.25) is 0 Å². The summed E-state index contributed by atoms with van der Waals surface area (Å²) in [6.07, 6.45) is 5.79. The van der Waals surface area contributed by atoms with E-state index in [-0.39, 0.29) is 24.0 Å². The summed E-state index contributed by atoms with van der Waals surface area (Å²) in [5, 5.41) is 14.9. The molecule has 0 saturated carbocycles. The Hall–Kier alpha value is -2.17. The molecule has 0 saturated heterocycles. The molecule has 0 aromatic carbocycles. The lowest BCUT2D eigenvalue weighted by Crippen LogP contribution is -2.37. The first kappa shape index (κ1) is 20.1. The summed E-state index contributed by atoms with van der Waals surface area (Å²) in [6.45, 7) is 6.49. The highest BCUT2D eigenvalue weighted by molar-refractivity contribution is 14.0. The summed E-state index contributed by atoms with van der Waals surface area (Å²) in [6, 6.07) is 5.83. The second-order valence-corrected chi connectivity index (χ2v) is 6.21. The molecule has 0 aliphatic heterocycles. The average molecular weight is 468 g/mol. The zero-order chi connectivity index (χ0) is 17.6. The summed E-state index contributed by atoms with van der Waals surface area (Å²) in [5.74, 6) is 3.10. The van der Waals surface area contributed by atoms with E-state index >= 15 is 0 Å². The molecule has 0 aliphatic carbocycles. The third-order valence-corrected chi connectivity index (χ3v) is 3.80. The molecule has 0 fully saturated rings. The van der Waals surface area contributed by atoms with E-state index in [1.54, 1.807) is 7.05 Å². The molecule has 3 rings (SSSR count). The summed E-state index contributed by atoms with van der Waals surface area (Å²) in [5.41, 5.74) is 0.831. The number of rotatable bonds is 6. The molecule has 0 aliphatic rings. The maximum atomic E-state index is 4.42. The average Bonchev–Trinajstić information content (AvgIpc) is 3.21. The summed E-state index contributed by atoms with van der Waals surface area (Å²) < 4.78 is 4.12. The largest absolute Gasteiger partial charge is 0.349 e. The Labute approximate surface area is 170 Å². The standard InChI is InChI=1S/C17H24N8.HI/c1-13(2)12-24-9-7-19-15(24)10-20-17(18-3)21-11-16-23-22-14-6-4-5-8-25(14)16;/h4-9,13H,10-12H2,1-3H3,(H2,18,20,21);1H. The Bertz CT molecular complexity index is 851. The number of nitrogens with zero attached hydrogens (tertiary/aromatic N) is 6. The van der Waals surface area contributed by atoms with Gasteiger partial charge in [-0.3, -0.25) is 9.39 Å². The first-order chi connectivity index (χ1) is 12.2. The van der Waals surface area contributed by atoms with Gasteiger partial charge in [-0.2, -0.15) is 0 Å². The highest BCUT2D eigenvalue weighted by atomic mass is 127. The maximum absolute atomic E-state index is 4.42. The molecule has 0 atom stereocenters. The lowest BCUT2D eigenvalue weighted by molar-refractivity contribution is 0.503. The number of hydrogen-bond acceptors (Lipinski definition) is 4. The van der Waals surface area contributed by atoms with E-state index in [0.717, 1.165) is 23.8 Å². The molecule has 0 spiro atoms. The van der Waals surface area contributed by atoms with Gasteiger partial charge in [0.15, 0.2) is 17.4 Å². The van der Waals surface area contributed by atoms with E-state index < -0.39 is 0 Å². The fourth-order valence-corrected chi connectivity index (χ4v) is 2.62. The van der Waals surface area contributed by atoms with Gasteiger partial charge in [0.25, 0.3) is 0 Å². The first-order valence-corrected chi connectivity index (χ1v) is 8.40. The van der Waals surface area contributed by atoms with Crippen LogP contribution < -0.4 is 10.6 Å². The molecular weight excluding hydrogens is 443 g/mol. The van der Waals surface area contributed by atoms with Crippen LogP contribution in [0.5, 0.6) is 0 Å². The van der Waals surface area contributed by atoms with Crippen LogP contribution in [0.1, 0.15) is 25.5 Å². The van der Waals surface area contributed by atoms with Crippen molar-refractivity contribution in [1.82, 2.24) is 34.8 Å². The molecule has 2 N–H and O–H groups in total. The second-order valence-electron chi connectivity index (χ2n) is 6.21. The molecule has 3 heterocycles. The van der Waals surface area contributed by atoms with Crippen LogP contribution in [0.25, 0.3) is 5.65 Å². The molecule has 140 valence electrons. The fraction of sp³-hybridized carbons (Fsp3) is 0.412. The van der Waals surface area contributed by atoms with Gasteiger partial charge < -0.3 is 15.2 Å². The molecule has 8 nitrogen and oxygen atoms in total. The topological polar surface area (TPSA) is 84.4 Å². The highest BCUT2D eigenvalue weighted by Crippen LogP contribution is 2.04. The van der Waals surface area contributed by atoms with E-state index in [1.807, 2.05) is 41.2 Å². The monoisotopic (exact) mass is 468 g/mol. The van der Waals surface area contributed by atoms with Gasteiger partial charge in [0.1, 0.15) is 5.82 Å². The number of aliphatic imine (C=N–C) groups is 1. The normalized spacial score (nSPS) is 11.6. The third kappa shape index (κ3) is 4.93. The van der Waals surface area contributed by atoms with Crippen molar-refractivity contribution in [3.8, 4) is 0 Å². The van der Waals surface area contributed by atoms with Crippen molar-refractivity contribution in [2.45, 2.75) is 33.5 Å². The minimum atomic E-state index is 0. The Morgan fingerprint density at radius 1 is 1.12 bits per heavy atom. The van der Waals surface area contributed by atoms with E-state index in [2.05, 4.69) is 49.2 Å². The minimum absolute atomic E-state index is 0. The molecule has 3 aromatic heterocycles. The van der Waals surface area contributed by atoms with E-state index in [9.17, 15) is 0 Å². The van der Waals surface area contributed by atoms with Crippen molar-refractivity contribution >= 4 is 35.6 Å². The number of fused-ring (bicyclic) bond motifs is 1. The SMILES string of the molecule is CN=C(NCc1nccn1CC(C)C)NCc1nnc2ccccn12.I. The van der Waals surface area contributed by atoms with E-state index in [0.29, 0.717) is 25.0 Å². The highest BCUT2D eigenvalue weighted by Gasteiger charge is 2.08. The zero-order valence-corrected chi connectivity index (χ0v) is 17.6. The van der Waals surface area contributed by atoms with Crippen molar-refractivity contribution in [1.29, 1.82) is 0 Å². The number of guanidine groups is 1. The van der Waals surface area contributed by atoms with Crippen LogP contribution in [0.3, 0.4) is 0 Å². The van der Waals surface area contributed by atoms with Gasteiger partial charge >= 0.3 is 0 Å². The third-order valence-electron chi connectivity index (χ3n) is 3.80. The summed E-state index contributed by atoms with van der Waals surface area (Å²) >= 11 is 0. The number of hydrogen-bond donors (Lipinski definition) is 2. The van der Waals surface area contributed by atoms with Crippen molar-refractivity contribution < 1.29 is 0 Å². The molecule has 3 aromatic rings. The van der Waals surface area contributed by atoms with Crippen LogP contribution in [0.4, 0.5) is 0 Å². The molecule has 9 heteroatoms. The van der Waals surface area contributed by atoms with Crippen LogP contribution in [-0.4, -0.2) is 37.2 Å². The maximum Gasteiger partial charge on any atom is 0.191 e. The number of aromatic nitrogens is 5. The lowest BCUT2D eigenvalue weighted by atomic mass is 10.2. The van der Waals surface area contributed by atoms with Gasteiger partial charge in [-0.15, -0.1) is 34.2 Å². The minimum Gasteiger partial charge on any atom is -0.349 e. The number of nitrogens with one attached hydrogen (secondary N) is 2. The summed E-state index contributed by atoms with van der Waals surface area (Å²) in [7, 11) is 1.75. The van der Waals surface area contributed by atoms with E-state index in [1.165, 1.54) is 0 Å². The van der Waals surface area contributed by atoms with E-state index in [4.69, 9.17) is 0 Å². The van der Waals surface area contributed by atoms with Crippen LogP contribution in [0, 0.1) is 5.92 Å². The van der Waals surface area contributed by atoms with Gasteiger partial charge in [0.05, 0.1) is 13.1 Å². The lowest BCUT2D eigenvalue weighted by Gasteiger charge is -2.13. The van der Waals surface area contributed by atoms with Crippen LogP contribution >= 0.6 is 24.0 Å². The number of halogens is 1. The van der Waals surface area contributed by atoms with Crippen LogP contribution in [0.15, 0.2) is 41.8 Å². The Balaban J connectivity index is 0.00000243. The van der Waals surface area contributed by atoms with Crippen molar-refractivity contribution in [3.05, 3.63) is 48.4 Å². The van der Waals surface area contributed by atoms with Crippen molar-refractivity contribution in [3.63, 3.8) is 0 Å². The molecule has 0 unspecified atom stereocenters. The number of pyridine rings is 1. The van der Waals surface area contributed by atoms with Crippen molar-refractivity contribution in [2.24, 2.45) is 10.9 Å². The fourth-order valence-electron chi connectivity index (χ4n) is 2.62. The first-order valence-electron chi connectivity index (χ1n) is 8.40. The molecule has 0 bridgehead atoms. The Kier molecular flexibility index (Phi) is 7.37. The molecule has 26 heavy (non-hydrogen) atoms. The molecule has 0 radical (unpaired) electrons. The van der Waals surface area contributed by atoms with Gasteiger partial charge in [0.2, 0.25) is 0 Å². The quantitative estimate of drug-likeness (QED) is 0.329. The van der Waals surface area contributed by atoms with Gasteiger partial charge in [-0.05, 0) is 18.1 Å². The van der Waals surface area contributed by atoms with Crippen LogP contribution in [-0.2, 0) is 19.6 Å².